The number of phenols is 5. The van der Waals surface area contributed by atoms with Crippen LogP contribution in [-0.4, -0.2) is 44.6 Å². The smallest absolute Gasteiger partial charge is 0.208 e. The van der Waals surface area contributed by atoms with Crippen LogP contribution in [0.5, 0.6) is 28.7 Å². The Morgan fingerprint density at radius 3 is 1.46 bits per heavy atom. The average molecular weight is 490 g/mol. The summed E-state index contributed by atoms with van der Waals surface area (Å²) in [4.78, 5) is 9.99. The number of aromatic hydroxyl groups is 5. The van der Waals surface area contributed by atoms with E-state index in [9.17, 15) is 25.5 Å². The van der Waals surface area contributed by atoms with Gasteiger partial charge >= 0.3 is 0 Å². The lowest BCUT2D eigenvalue weighted by Crippen LogP contribution is -1.99. The van der Waals surface area contributed by atoms with Crippen LogP contribution >= 0.6 is 0 Å². The van der Waals surface area contributed by atoms with Crippen LogP contribution < -0.4 is 0 Å². The maximum absolute atomic E-state index is 10.8. The van der Waals surface area contributed by atoms with Gasteiger partial charge in [-0.25, -0.2) is 9.97 Å². The molecule has 5 N–H and O–H groups in total. The molecule has 3 aromatic heterocycles. The largest absolute Gasteiger partial charge is 0.503 e. The summed E-state index contributed by atoms with van der Waals surface area (Å²) >= 11 is 0. The van der Waals surface area contributed by atoms with E-state index in [4.69, 9.17) is 9.97 Å². The summed E-state index contributed by atoms with van der Waals surface area (Å²) in [7, 11) is 0. The molecule has 0 aliphatic heterocycles. The molecule has 37 heavy (non-hydrogen) atoms. The molecule has 7 aromatic rings. The lowest BCUT2D eigenvalue weighted by Gasteiger charge is -2.14. The fourth-order valence-corrected chi connectivity index (χ4v) is 5.01. The summed E-state index contributed by atoms with van der Waals surface area (Å²) in [5.74, 6) is -4.59. The van der Waals surface area contributed by atoms with Gasteiger partial charge in [-0.3, -0.25) is 9.13 Å². The maximum Gasteiger partial charge on any atom is 0.208 e. The lowest BCUT2D eigenvalue weighted by molar-refractivity contribution is 0.327. The highest BCUT2D eigenvalue weighted by molar-refractivity contribution is 6.12. The topological polar surface area (TPSA) is 137 Å². The molecule has 0 fully saturated rings. The Morgan fingerprint density at radius 1 is 0.459 bits per heavy atom. The Bertz CT molecular complexity index is 2010. The number of rotatable bonds is 2. The van der Waals surface area contributed by atoms with Crippen molar-refractivity contribution in [2.45, 2.75) is 0 Å². The van der Waals surface area contributed by atoms with Crippen molar-refractivity contribution in [1.29, 1.82) is 0 Å². The molecule has 0 unspecified atom stereocenters. The number of hydrogen-bond donors (Lipinski definition) is 5. The van der Waals surface area contributed by atoms with Gasteiger partial charge in [0, 0.05) is 16.5 Å². The molecule has 0 saturated carbocycles. The molecule has 180 valence electrons. The Kier molecular flexibility index (Phi) is 4.11. The third-order valence-corrected chi connectivity index (χ3v) is 6.67. The first-order chi connectivity index (χ1) is 18.0. The van der Waals surface area contributed by atoms with Crippen LogP contribution in [0.4, 0.5) is 0 Å². The second kappa shape index (κ2) is 7.28. The first-order valence-corrected chi connectivity index (χ1v) is 11.4. The maximum atomic E-state index is 10.8. The first-order valence-electron chi connectivity index (χ1n) is 11.4. The first kappa shape index (κ1) is 20.9. The van der Waals surface area contributed by atoms with E-state index in [0.29, 0.717) is 27.6 Å². The van der Waals surface area contributed by atoms with Crippen LogP contribution in [0, 0.1) is 0 Å². The second-order valence-corrected chi connectivity index (χ2v) is 8.70. The molecule has 0 aliphatic carbocycles. The summed E-state index contributed by atoms with van der Waals surface area (Å²) in [6.07, 6.45) is 0. The molecule has 0 aliphatic rings. The molecule has 0 bridgehead atoms. The van der Waals surface area contributed by atoms with Crippen LogP contribution in [0.25, 0.3) is 55.5 Å². The van der Waals surface area contributed by atoms with E-state index >= 15 is 0 Å². The minimum atomic E-state index is -1.03. The van der Waals surface area contributed by atoms with Crippen molar-refractivity contribution in [3.63, 3.8) is 0 Å². The number of hydrogen-bond acceptors (Lipinski definition) is 7. The quantitative estimate of drug-likeness (QED) is 0.166. The zero-order valence-electron chi connectivity index (χ0n) is 19.0. The van der Waals surface area contributed by atoms with E-state index in [1.54, 1.807) is 12.1 Å². The Hall–Kier alpha value is -5.44. The summed E-state index contributed by atoms with van der Waals surface area (Å²) in [5, 5.41) is 53.5. The summed E-state index contributed by atoms with van der Waals surface area (Å²) < 4.78 is 3.44. The van der Waals surface area contributed by atoms with E-state index in [1.807, 2.05) is 71.3 Å². The van der Waals surface area contributed by atoms with Gasteiger partial charge in [0.05, 0.1) is 11.0 Å². The summed E-state index contributed by atoms with van der Waals surface area (Å²) in [6, 6.07) is 24.8. The molecule has 0 amide bonds. The van der Waals surface area contributed by atoms with E-state index in [1.165, 1.54) is 4.57 Å². The van der Waals surface area contributed by atoms with Gasteiger partial charge in [0.1, 0.15) is 16.7 Å². The van der Waals surface area contributed by atoms with Gasteiger partial charge in [-0.2, -0.15) is 0 Å². The molecule has 0 saturated heterocycles. The van der Waals surface area contributed by atoms with E-state index in [0.717, 1.165) is 16.6 Å². The third kappa shape index (κ3) is 2.67. The van der Waals surface area contributed by atoms with Gasteiger partial charge < -0.3 is 25.5 Å². The molecule has 0 atom stereocenters. The van der Waals surface area contributed by atoms with E-state index in [-0.39, 0.29) is 11.3 Å². The SMILES string of the molecule is Oc1c(O)c(O)c(-n2c3ccccc3c3nc4c(nc32)c2ccccc2n4-c2ccccc2)c(O)c1O. The summed E-state index contributed by atoms with van der Waals surface area (Å²) in [5.41, 5.74) is 3.95. The number of para-hydroxylation sites is 3. The molecular formula is C28H18N4O5. The van der Waals surface area contributed by atoms with Crippen molar-refractivity contribution >= 4 is 44.1 Å². The number of phenolic OH excluding ortho intramolecular Hbond substituents is 5. The molecule has 7 rings (SSSR count). The van der Waals surface area contributed by atoms with Gasteiger partial charge in [-0.1, -0.05) is 54.6 Å². The van der Waals surface area contributed by atoms with Gasteiger partial charge in [0.2, 0.25) is 17.2 Å². The highest BCUT2D eigenvalue weighted by Gasteiger charge is 2.28. The Morgan fingerprint density at radius 2 is 0.892 bits per heavy atom. The third-order valence-electron chi connectivity index (χ3n) is 6.67. The average Bonchev–Trinajstić information content (AvgIpc) is 3.43. The molecule has 3 heterocycles. The molecule has 0 radical (unpaired) electrons. The van der Waals surface area contributed by atoms with E-state index < -0.39 is 28.7 Å². The lowest BCUT2D eigenvalue weighted by atomic mass is 10.2. The minimum Gasteiger partial charge on any atom is -0.503 e. The van der Waals surface area contributed by atoms with Crippen LogP contribution in [0.2, 0.25) is 0 Å². The number of aromatic nitrogens is 4. The second-order valence-electron chi connectivity index (χ2n) is 8.70. The van der Waals surface area contributed by atoms with Crippen molar-refractivity contribution < 1.29 is 25.5 Å². The van der Waals surface area contributed by atoms with Crippen molar-refractivity contribution in [3.8, 4) is 40.1 Å². The fourth-order valence-electron chi connectivity index (χ4n) is 5.01. The van der Waals surface area contributed by atoms with Crippen molar-refractivity contribution in [2.24, 2.45) is 0 Å². The van der Waals surface area contributed by atoms with Gasteiger partial charge in [0.15, 0.2) is 22.8 Å². The Balaban J connectivity index is 1.71. The minimum absolute atomic E-state index is 0.278. The van der Waals surface area contributed by atoms with Gasteiger partial charge in [0.25, 0.3) is 0 Å². The summed E-state index contributed by atoms with van der Waals surface area (Å²) in [6.45, 7) is 0. The van der Waals surface area contributed by atoms with Crippen molar-refractivity contribution in [3.05, 3.63) is 78.9 Å². The number of nitrogens with zero attached hydrogens (tertiary/aromatic N) is 4. The van der Waals surface area contributed by atoms with Crippen LogP contribution in [0.15, 0.2) is 78.9 Å². The standard InChI is InChI=1S/C28H18N4O5/c33-22-21(23(34)25(36)26(37)24(22)35)32-18-13-7-5-11-16(18)20-28(32)30-19-15-10-4-6-12-17(15)31(27(19)29-20)14-8-2-1-3-9-14/h1-13,33-37H. The van der Waals surface area contributed by atoms with E-state index in [2.05, 4.69) is 0 Å². The number of fused-ring (bicyclic) bond motifs is 6. The monoisotopic (exact) mass is 490 g/mol. The van der Waals surface area contributed by atoms with Crippen LogP contribution in [0.3, 0.4) is 0 Å². The van der Waals surface area contributed by atoms with Gasteiger partial charge in [-0.05, 0) is 24.3 Å². The molecule has 9 heteroatoms. The van der Waals surface area contributed by atoms with Crippen molar-refractivity contribution in [2.75, 3.05) is 0 Å². The van der Waals surface area contributed by atoms with Crippen LogP contribution in [0.1, 0.15) is 0 Å². The molecule has 9 nitrogen and oxygen atoms in total. The highest BCUT2D eigenvalue weighted by atomic mass is 16.4. The van der Waals surface area contributed by atoms with Gasteiger partial charge in [-0.15, -0.1) is 0 Å². The van der Waals surface area contributed by atoms with Crippen molar-refractivity contribution in [1.82, 2.24) is 19.1 Å². The highest BCUT2D eigenvalue weighted by Crippen LogP contribution is 2.53. The molecular weight excluding hydrogens is 472 g/mol. The zero-order chi connectivity index (χ0) is 25.4. The predicted octanol–water partition coefficient (Wildman–Crippen LogP) is 5.20. The predicted molar refractivity (Wildman–Crippen MR) is 139 cm³/mol. The van der Waals surface area contributed by atoms with Crippen LogP contribution in [-0.2, 0) is 0 Å². The zero-order valence-corrected chi connectivity index (χ0v) is 19.0. The fraction of sp³-hybridized carbons (Fsp3) is 0. The molecule has 0 spiro atoms. The normalized spacial score (nSPS) is 11.8. The molecule has 4 aromatic carbocycles. The Labute approximate surface area is 208 Å². The number of benzene rings is 4.